The number of ether oxygens (including phenoxy) is 3. The quantitative estimate of drug-likeness (QED) is 0.458. The van der Waals surface area contributed by atoms with E-state index in [2.05, 4.69) is 33.3 Å². The smallest absolute Gasteiger partial charge is 0.129 e. The Bertz CT molecular complexity index is 945. The van der Waals surface area contributed by atoms with Crippen molar-refractivity contribution in [2.24, 2.45) is 0 Å². The van der Waals surface area contributed by atoms with Crippen molar-refractivity contribution in [1.82, 2.24) is 9.88 Å². The summed E-state index contributed by atoms with van der Waals surface area (Å²) < 4.78 is 17.3. The Labute approximate surface area is 178 Å². The molecule has 0 saturated heterocycles. The fourth-order valence-corrected chi connectivity index (χ4v) is 4.15. The molecule has 0 radical (unpaired) electrons. The number of thiazole rings is 1. The Morgan fingerprint density at radius 1 is 0.964 bits per heavy atom. The van der Waals surface area contributed by atoms with Gasteiger partial charge in [-0.05, 0) is 31.3 Å². The third-order valence-corrected chi connectivity index (χ3v) is 5.73. The lowest BCUT2D eigenvalue weighted by Crippen LogP contribution is -2.18. The Morgan fingerprint density at radius 2 is 1.75 bits per heavy atom. The van der Waals surface area contributed by atoms with Gasteiger partial charge in [-0.1, -0.05) is 22.0 Å². The molecule has 0 bridgehead atoms. The van der Waals surface area contributed by atoms with E-state index in [4.69, 9.17) is 19.2 Å². The number of benzene rings is 2. The zero-order valence-corrected chi connectivity index (χ0v) is 18.8. The van der Waals surface area contributed by atoms with Crippen molar-refractivity contribution in [2.75, 3.05) is 28.4 Å². The lowest BCUT2D eigenvalue weighted by molar-refractivity contribution is 0.306. The van der Waals surface area contributed by atoms with Crippen LogP contribution in [0.1, 0.15) is 11.3 Å². The second-order valence-electron chi connectivity index (χ2n) is 6.34. The standard InChI is InChI=1S/C21H23BrN2O3S/c1-24(11-14-5-7-17(25-2)10-20(14)27-4)12-16-13-28-21(23-16)18-9-15(22)6-8-19(18)26-3/h5-10,13H,11-12H2,1-4H3. The summed E-state index contributed by atoms with van der Waals surface area (Å²) in [4.78, 5) is 7.02. The van der Waals surface area contributed by atoms with Gasteiger partial charge in [-0.25, -0.2) is 4.98 Å². The summed E-state index contributed by atoms with van der Waals surface area (Å²) in [7, 11) is 7.08. The number of hydrogen-bond acceptors (Lipinski definition) is 6. The third kappa shape index (κ3) is 4.84. The predicted octanol–water partition coefficient (Wildman–Crippen LogP) is 5.23. The number of hydrogen-bond donors (Lipinski definition) is 0. The highest BCUT2D eigenvalue weighted by molar-refractivity contribution is 9.10. The summed E-state index contributed by atoms with van der Waals surface area (Å²) in [5, 5.41) is 3.04. The maximum Gasteiger partial charge on any atom is 0.129 e. The first-order valence-corrected chi connectivity index (χ1v) is 10.4. The lowest BCUT2D eigenvalue weighted by Gasteiger charge is -2.18. The van der Waals surface area contributed by atoms with Gasteiger partial charge in [0.2, 0.25) is 0 Å². The minimum Gasteiger partial charge on any atom is -0.497 e. The Hall–Kier alpha value is -2.09. The van der Waals surface area contributed by atoms with Gasteiger partial charge in [0.05, 0.1) is 32.6 Å². The van der Waals surface area contributed by atoms with E-state index in [0.29, 0.717) is 0 Å². The van der Waals surface area contributed by atoms with Gasteiger partial charge >= 0.3 is 0 Å². The largest absolute Gasteiger partial charge is 0.497 e. The second kappa shape index (κ2) is 9.41. The van der Waals surface area contributed by atoms with Gasteiger partial charge in [-0.2, -0.15) is 0 Å². The maximum absolute atomic E-state index is 5.50. The molecule has 7 heteroatoms. The van der Waals surface area contributed by atoms with Gasteiger partial charge in [0.15, 0.2) is 0 Å². The van der Waals surface area contributed by atoms with Crippen LogP contribution in [0.4, 0.5) is 0 Å². The molecular formula is C21H23BrN2O3S. The van der Waals surface area contributed by atoms with E-state index in [1.807, 2.05) is 36.4 Å². The van der Waals surface area contributed by atoms with Gasteiger partial charge in [0, 0.05) is 34.6 Å². The second-order valence-corrected chi connectivity index (χ2v) is 8.11. The van der Waals surface area contributed by atoms with Crippen LogP contribution in [-0.2, 0) is 13.1 Å². The van der Waals surface area contributed by atoms with Crippen LogP contribution >= 0.6 is 27.3 Å². The zero-order valence-electron chi connectivity index (χ0n) is 16.4. The van der Waals surface area contributed by atoms with Crippen molar-refractivity contribution in [1.29, 1.82) is 0 Å². The van der Waals surface area contributed by atoms with E-state index in [1.54, 1.807) is 32.7 Å². The van der Waals surface area contributed by atoms with Crippen LogP contribution in [0.25, 0.3) is 10.6 Å². The van der Waals surface area contributed by atoms with E-state index in [1.165, 1.54) is 0 Å². The average molecular weight is 463 g/mol. The normalized spacial score (nSPS) is 10.9. The number of nitrogens with zero attached hydrogens (tertiary/aromatic N) is 2. The molecule has 1 heterocycles. The Balaban J connectivity index is 1.73. The molecule has 148 valence electrons. The first-order chi connectivity index (χ1) is 13.5. The van der Waals surface area contributed by atoms with E-state index < -0.39 is 0 Å². The van der Waals surface area contributed by atoms with Gasteiger partial charge in [-0.15, -0.1) is 11.3 Å². The molecule has 0 N–H and O–H groups in total. The predicted molar refractivity (Wildman–Crippen MR) is 117 cm³/mol. The van der Waals surface area contributed by atoms with E-state index in [9.17, 15) is 0 Å². The lowest BCUT2D eigenvalue weighted by atomic mass is 10.1. The van der Waals surface area contributed by atoms with Crippen molar-refractivity contribution in [3.05, 3.63) is 57.5 Å². The minimum atomic E-state index is 0.738. The molecular weight excluding hydrogens is 440 g/mol. The molecule has 2 aromatic carbocycles. The van der Waals surface area contributed by atoms with Crippen molar-refractivity contribution in [2.45, 2.75) is 13.1 Å². The highest BCUT2D eigenvalue weighted by atomic mass is 79.9. The molecule has 3 aromatic rings. The zero-order chi connectivity index (χ0) is 20.1. The van der Waals surface area contributed by atoms with Crippen LogP contribution in [-0.4, -0.2) is 38.3 Å². The number of halogens is 1. The topological polar surface area (TPSA) is 43.8 Å². The van der Waals surface area contributed by atoms with Crippen LogP contribution in [0.2, 0.25) is 0 Å². The summed E-state index contributed by atoms with van der Waals surface area (Å²) in [6.07, 6.45) is 0. The molecule has 0 saturated carbocycles. The summed E-state index contributed by atoms with van der Waals surface area (Å²) in [6.45, 7) is 1.49. The first kappa shape index (κ1) is 20.6. The molecule has 0 amide bonds. The van der Waals surface area contributed by atoms with Crippen LogP contribution < -0.4 is 14.2 Å². The summed E-state index contributed by atoms with van der Waals surface area (Å²) in [5.41, 5.74) is 3.12. The molecule has 0 fully saturated rings. The summed E-state index contributed by atoms with van der Waals surface area (Å²) in [6, 6.07) is 11.8. The molecule has 0 aliphatic rings. The summed E-state index contributed by atoms with van der Waals surface area (Å²) in [5.74, 6) is 2.43. The summed E-state index contributed by atoms with van der Waals surface area (Å²) >= 11 is 5.14. The van der Waals surface area contributed by atoms with Crippen molar-refractivity contribution < 1.29 is 14.2 Å². The van der Waals surface area contributed by atoms with Gasteiger partial charge in [-0.3, -0.25) is 4.90 Å². The maximum atomic E-state index is 5.50. The van der Waals surface area contributed by atoms with Crippen molar-refractivity contribution in [3.63, 3.8) is 0 Å². The van der Waals surface area contributed by atoms with Crippen LogP contribution in [0.15, 0.2) is 46.3 Å². The molecule has 0 unspecified atom stereocenters. The van der Waals surface area contributed by atoms with Crippen LogP contribution in [0.5, 0.6) is 17.2 Å². The Morgan fingerprint density at radius 3 is 2.46 bits per heavy atom. The third-order valence-electron chi connectivity index (χ3n) is 4.31. The number of methoxy groups -OCH3 is 3. The number of rotatable bonds is 8. The van der Waals surface area contributed by atoms with E-state index in [0.717, 1.165) is 56.6 Å². The van der Waals surface area contributed by atoms with Crippen molar-refractivity contribution in [3.8, 4) is 27.8 Å². The fourth-order valence-electron chi connectivity index (χ4n) is 2.96. The monoisotopic (exact) mass is 462 g/mol. The van der Waals surface area contributed by atoms with Crippen LogP contribution in [0.3, 0.4) is 0 Å². The fraction of sp³-hybridized carbons (Fsp3) is 0.286. The average Bonchev–Trinajstić information content (AvgIpc) is 3.16. The van der Waals surface area contributed by atoms with Gasteiger partial charge in [0.1, 0.15) is 22.3 Å². The molecule has 3 rings (SSSR count). The SMILES string of the molecule is COc1ccc(CN(C)Cc2csc(-c3cc(Br)ccc3OC)n2)c(OC)c1. The minimum absolute atomic E-state index is 0.738. The van der Waals surface area contributed by atoms with Crippen LogP contribution in [0, 0.1) is 0 Å². The molecule has 28 heavy (non-hydrogen) atoms. The van der Waals surface area contributed by atoms with E-state index >= 15 is 0 Å². The first-order valence-electron chi connectivity index (χ1n) is 8.71. The molecule has 0 spiro atoms. The molecule has 0 aliphatic carbocycles. The highest BCUT2D eigenvalue weighted by Crippen LogP contribution is 2.34. The molecule has 5 nitrogen and oxygen atoms in total. The van der Waals surface area contributed by atoms with Crippen molar-refractivity contribution >= 4 is 27.3 Å². The molecule has 0 aliphatic heterocycles. The van der Waals surface area contributed by atoms with E-state index in [-0.39, 0.29) is 0 Å². The van der Waals surface area contributed by atoms with Gasteiger partial charge < -0.3 is 14.2 Å². The van der Waals surface area contributed by atoms with Gasteiger partial charge in [0.25, 0.3) is 0 Å². The number of aromatic nitrogens is 1. The Kier molecular flexibility index (Phi) is 6.93. The highest BCUT2D eigenvalue weighted by Gasteiger charge is 2.13. The molecule has 1 aromatic heterocycles. The molecule has 0 atom stereocenters.